The molecular formula is C12H16O. The summed E-state index contributed by atoms with van der Waals surface area (Å²) in [4.78, 5) is 11.3. The molecule has 0 amide bonds. The second kappa shape index (κ2) is 3.33. The zero-order valence-corrected chi connectivity index (χ0v) is 8.41. The fraction of sp³-hybridized carbons (Fsp3) is 0.417. The van der Waals surface area contributed by atoms with E-state index in [1.54, 1.807) is 0 Å². The van der Waals surface area contributed by atoms with E-state index < -0.39 is 11.2 Å². The van der Waals surface area contributed by atoms with E-state index in [0.717, 1.165) is 0 Å². The van der Waals surface area contributed by atoms with Crippen LogP contribution in [0.2, 0.25) is 0 Å². The zero-order chi connectivity index (χ0) is 13.5. The third-order valence-electron chi connectivity index (χ3n) is 1.73. The second-order valence-corrected chi connectivity index (χ2v) is 4.06. The average Bonchev–Trinajstić information content (AvgIpc) is 2.12. The lowest BCUT2D eigenvalue weighted by Crippen LogP contribution is -2.10. The summed E-state index contributed by atoms with van der Waals surface area (Å²) in [5.41, 5.74) is -0.278. The predicted molar refractivity (Wildman–Crippen MR) is 55.1 cm³/mol. The van der Waals surface area contributed by atoms with E-state index in [-0.39, 0.29) is 29.7 Å². The largest absolute Gasteiger partial charge is 0.295 e. The molecule has 0 heterocycles. The van der Waals surface area contributed by atoms with E-state index in [1.807, 2.05) is 20.8 Å². The van der Waals surface area contributed by atoms with Crippen LogP contribution in [0.4, 0.5) is 0 Å². The zero-order valence-electron chi connectivity index (χ0n) is 12.4. The Morgan fingerprint density at radius 3 is 2.00 bits per heavy atom. The fourth-order valence-corrected chi connectivity index (χ4v) is 0.864. The van der Waals surface area contributed by atoms with Crippen molar-refractivity contribution in [3.05, 3.63) is 35.3 Å². The molecule has 0 aliphatic heterocycles. The van der Waals surface area contributed by atoms with Crippen LogP contribution in [0.15, 0.2) is 24.2 Å². The van der Waals surface area contributed by atoms with Crippen LogP contribution in [0.3, 0.4) is 0 Å². The molecule has 13 heavy (non-hydrogen) atoms. The minimum Gasteiger partial charge on any atom is -0.295 e. The quantitative estimate of drug-likeness (QED) is 0.607. The van der Waals surface area contributed by atoms with Crippen LogP contribution in [0, 0.1) is 0 Å². The van der Waals surface area contributed by atoms with Gasteiger partial charge in [-0.05, 0) is 17.9 Å². The summed E-state index contributed by atoms with van der Waals surface area (Å²) in [5.74, 6) is -0.442. The number of carbonyl (C=O) groups excluding carboxylic acids is 1. The number of carbonyl (C=O) groups is 1. The van der Waals surface area contributed by atoms with E-state index in [2.05, 4.69) is 0 Å². The number of ketones is 1. The summed E-state index contributed by atoms with van der Waals surface area (Å²) in [6.45, 7) is 6.72. The maximum absolute atomic E-state index is 11.3. The molecule has 1 nitrogen and oxygen atoms in total. The average molecular weight is 180 g/mol. The molecule has 1 aromatic rings. The summed E-state index contributed by atoms with van der Waals surface area (Å²) < 4.78 is 31.3. The van der Waals surface area contributed by atoms with Gasteiger partial charge in [-0.2, -0.15) is 0 Å². The minimum atomic E-state index is -0.491. The van der Waals surface area contributed by atoms with Crippen molar-refractivity contribution in [2.45, 2.75) is 33.1 Å². The molecule has 0 N–H and O–H groups in total. The highest BCUT2D eigenvalue weighted by Gasteiger charge is 2.13. The standard InChI is InChI=1S/C12H16O/c1-9(13)10-5-7-11(8-6-10)12(2,3)4/h5-8H,1-4H3/i5D,6D,7D,8D. The van der Waals surface area contributed by atoms with Gasteiger partial charge in [-0.15, -0.1) is 0 Å². The van der Waals surface area contributed by atoms with Crippen LogP contribution >= 0.6 is 0 Å². The summed E-state index contributed by atoms with van der Waals surface area (Å²) in [5, 5.41) is 0. The molecule has 0 fully saturated rings. The van der Waals surface area contributed by atoms with Gasteiger partial charge in [-0.25, -0.2) is 0 Å². The fourth-order valence-electron chi connectivity index (χ4n) is 0.864. The molecule has 1 heteroatoms. The number of hydrogen-bond acceptors (Lipinski definition) is 1. The first-order valence-corrected chi connectivity index (χ1v) is 4.20. The molecule has 0 radical (unpaired) electrons. The number of rotatable bonds is 1. The Bertz CT molecular complexity index is 457. The van der Waals surface area contributed by atoms with Gasteiger partial charge in [0, 0.05) is 5.56 Å². The second-order valence-electron chi connectivity index (χ2n) is 4.06. The SMILES string of the molecule is [2H]c1c([2H])c(C(C)(C)C)c([2H])c([2H])c1C(C)=O. The topological polar surface area (TPSA) is 17.1 Å². The lowest BCUT2D eigenvalue weighted by Gasteiger charge is -2.18. The van der Waals surface area contributed by atoms with E-state index in [4.69, 9.17) is 5.48 Å². The van der Waals surface area contributed by atoms with Crippen molar-refractivity contribution in [1.82, 2.24) is 0 Å². The summed E-state index contributed by atoms with van der Waals surface area (Å²) in [6, 6.07) is -0.737. The van der Waals surface area contributed by atoms with Crippen molar-refractivity contribution in [2.24, 2.45) is 0 Å². The van der Waals surface area contributed by atoms with Crippen LogP contribution < -0.4 is 0 Å². The highest BCUT2D eigenvalue weighted by Crippen LogP contribution is 2.22. The summed E-state index contributed by atoms with van der Waals surface area (Å²) in [6.07, 6.45) is 0. The third kappa shape index (κ3) is 2.41. The van der Waals surface area contributed by atoms with Crippen LogP contribution in [0.1, 0.15) is 49.1 Å². The lowest BCUT2D eigenvalue weighted by atomic mass is 9.86. The molecule has 0 spiro atoms. The molecule has 0 saturated heterocycles. The number of Topliss-reactive ketones (excluding diaryl/α,β-unsaturated/α-hetero) is 1. The Kier molecular flexibility index (Phi) is 1.43. The highest BCUT2D eigenvalue weighted by molar-refractivity contribution is 5.94. The molecule has 0 unspecified atom stereocenters. The van der Waals surface area contributed by atoms with Crippen LogP contribution in [-0.2, 0) is 5.41 Å². The van der Waals surface area contributed by atoms with Crippen molar-refractivity contribution in [1.29, 1.82) is 0 Å². The summed E-state index contributed by atoms with van der Waals surface area (Å²) in [7, 11) is 0. The van der Waals surface area contributed by atoms with Gasteiger partial charge >= 0.3 is 0 Å². The van der Waals surface area contributed by atoms with Crippen molar-refractivity contribution < 1.29 is 10.3 Å². The van der Waals surface area contributed by atoms with Gasteiger partial charge in [-0.3, -0.25) is 4.79 Å². The first kappa shape index (κ1) is 5.58. The van der Waals surface area contributed by atoms with Gasteiger partial charge in [0.15, 0.2) is 5.78 Å². The van der Waals surface area contributed by atoms with Gasteiger partial charge < -0.3 is 0 Å². The Hall–Kier alpha value is -1.11. The maximum atomic E-state index is 11.3. The molecule has 0 atom stereocenters. The van der Waals surface area contributed by atoms with E-state index >= 15 is 0 Å². The van der Waals surface area contributed by atoms with Crippen molar-refractivity contribution in [3.63, 3.8) is 0 Å². The van der Waals surface area contributed by atoms with E-state index in [1.165, 1.54) is 6.92 Å². The minimum absolute atomic E-state index is 0.122. The van der Waals surface area contributed by atoms with E-state index in [9.17, 15) is 4.79 Å². The first-order chi connectivity index (χ1) is 7.59. The lowest BCUT2D eigenvalue weighted by molar-refractivity contribution is 0.101. The van der Waals surface area contributed by atoms with E-state index in [0.29, 0.717) is 5.56 Å². The molecule has 0 aromatic heterocycles. The molecule has 1 aromatic carbocycles. The number of benzene rings is 1. The molecule has 0 saturated carbocycles. The van der Waals surface area contributed by atoms with Crippen molar-refractivity contribution >= 4 is 5.78 Å². The van der Waals surface area contributed by atoms with Gasteiger partial charge in [-0.1, -0.05) is 44.9 Å². The monoisotopic (exact) mass is 180 g/mol. The van der Waals surface area contributed by atoms with Gasteiger partial charge in [0.1, 0.15) is 0 Å². The van der Waals surface area contributed by atoms with Crippen molar-refractivity contribution in [2.75, 3.05) is 0 Å². The van der Waals surface area contributed by atoms with Gasteiger partial charge in [0.2, 0.25) is 0 Å². The molecule has 0 aliphatic rings. The van der Waals surface area contributed by atoms with Crippen LogP contribution in [-0.4, -0.2) is 5.78 Å². The Balaban J connectivity index is 3.77. The normalized spacial score (nSPS) is 15.7. The Morgan fingerprint density at radius 2 is 1.69 bits per heavy atom. The highest BCUT2D eigenvalue weighted by atomic mass is 16.1. The molecule has 70 valence electrons. The van der Waals surface area contributed by atoms with Gasteiger partial charge in [0.25, 0.3) is 0 Å². The Labute approximate surface area is 85.4 Å². The van der Waals surface area contributed by atoms with Crippen LogP contribution in [0.25, 0.3) is 0 Å². The Morgan fingerprint density at radius 1 is 1.23 bits per heavy atom. The van der Waals surface area contributed by atoms with Gasteiger partial charge in [0.05, 0.1) is 5.48 Å². The van der Waals surface area contributed by atoms with Crippen LogP contribution in [0.5, 0.6) is 0 Å². The summed E-state index contributed by atoms with van der Waals surface area (Å²) >= 11 is 0. The predicted octanol–water partition coefficient (Wildman–Crippen LogP) is 3.19. The number of hydrogen-bond donors (Lipinski definition) is 0. The molecule has 1 rings (SSSR count). The molecule has 0 bridgehead atoms. The maximum Gasteiger partial charge on any atom is 0.159 e. The smallest absolute Gasteiger partial charge is 0.159 e. The third-order valence-corrected chi connectivity index (χ3v) is 1.73. The molecule has 0 aliphatic carbocycles. The van der Waals surface area contributed by atoms with Crippen molar-refractivity contribution in [3.8, 4) is 0 Å². The first-order valence-electron chi connectivity index (χ1n) is 6.20. The molecular weight excluding hydrogens is 160 g/mol.